The third kappa shape index (κ3) is 6.62. The zero-order chi connectivity index (χ0) is 23.0. The SMILES string of the molecule is CCOC(=O)CN(CC(=O)Nc1cccc(S(=O)(=O)N2CCCC2)c1)Cc1ccccc1. The molecule has 1 heterocycles. The van der Waals surface area contributed by atoms with Gasteiger partial charge in [0, 0.05) is 25.3 Å². The number of sulfonamides is 1. The fraction of sp³-hybridized carbons (Fsp3) is 0.391. The van der Waals surface area contributed by atoms with Crippen LogP contribution in [0.1, 0.15) is 25.3 Å². The number of hydrogen-bond donors (Lipinski definition) is 1. The van der Waals surface area contributed by atoms with Crippen molar-refractivity contribution in [1.82, 2.24) is 9.21 Å². The Morgan fingerprint density at radius 3 is 2.44 bits per heavy atom. The van der Waals surface area contributed by atoms with Crippen LogP contribution in [-0.4, -0.2) is 62.3 Å². The van der Waals surface area contributed by atoms with E-state index >= 15 is 0 Å². The molecule has 3 rings (SSSR count). The van der Waals surface area contributed by atoms with Crippen LogP contribution in [0, 0.1) is 0 Å². The number of amides is 1. The van der Waals surface area contributed by atoms with E-state index in [-0.39, 0.29) is 30.5 Å². The average molecular weight is 460 g/mol. The summed E-state index contributed by atoms with van der Waals surface area (Å²) in [4.78, 5) is 26.5. The molecule has 32 heavy (non-hydrogen) atoms. The van der Waals surface area contributed by atoms with Crippen LogP contribution in [0.2, 0.25) is 0 Å². The maximum Gasteiger partial charge on any atom is 0.320 e. The molecule has 1 aliphatic heterocycles. The summed E-state index contributed by atoms with van der Waals surface area (Å²) in [5.74, 6) is -0.754. The lowest BCUT2D eigenvalue weighted by Gasteiger charge is -2.21. The quantitative estimate of drug-likeness (QED) is 0.549. The standard InChI is InChI=1S/C23H29N3O5S/c1-2-31-23(28)18-25(16-19-9-4-3-5-10-19)17-22(27)24-20-11-8-12-21(15-20)32(29,30)26-13-6-7-14-26/h3-5,8-12,15H,2,6-7,13-14,16-18H2,1H3,(H,24,27). The number of anilines is 1. The number of rotatable bonds is 10. The summed E-state index contributed by atoms with van der Waals surface area (Å²) in [5, 5.41) is 2.75. The van der Waals surface area contributed by atoms with Gasteiger partial charge in [-0.05, 0) is 43.5 Å². The Balaban J connectivity index is 1.68. The molecule has 9 heteroatoms. The number of nitrogens with zero attached hydrogens (tertiary/aromatic N) is 2. The van der Waals surface area contributed by atoms with Crippen molar-refractivity contribution in [2.45, 2.75) is 31.2 Å². The largest absolute Gasteiger partial charge is 0.465 e. The normalized spacial score (nSPS) is 14.4. The molecule has 0 unspecified atom stereocenters. The Kier molecular flexibility index (Phi) is 8.38. The van der Waals surface area contributed by atoms with Gasteiger partial charge in [-0.3, -0.25) is 14.5 Å². The van der Waals surface area contributed by atoms with E-state index in [1.54, 1.807) is 24.0 Å². The summed E-state index contributed by atoms with van der Waals surface area (Å²) in [7, 11) is -3.57. The Morgan fingerprint density at radius 2 is 1.75 bits per heavy atom. The predicted octanol–water partition coefficient (Wildman–Crippen LogP) is 2.47. The number of carbonyl (C=O) groups excluding carboxylic acids is 2. The highest BCUT2D eigenvalue weighted by Crippen LogP contribution is 2.23. The first-order valence-corrected chi connectivity index (χ1v) is 12.1. The topological polar surface area (TPSA) is 96.0 Å². The van der Waals surface area contributed by atoms with Crippen molar-refractivity contribution in [1.29, 1.82) is 0 Å². The molecule has 2 aromatic rings. The molecule has 1 aliphatic rings. The summed E-state index contributed by atoms with van der Waals surface area (Å²) >= 11 is 0. The zero-order valence-electron chi connectivity index (χ0n) is 18.2. The lowest BCUT2D eigenvalue weighted by molar-refractivity contribution is -0.144. The molecule has 2 aromatic carbocycles. The molecule has 0 spiro atoms. The fourth-order valence-corrected chi connectivity index (χ4v) is 5.18. The van der Waals surface area contributed by atoms with Gasteiger partial charge in [-0.15, -0.1) is 0 Å². The van der Waals surface area contributed by atoms with Crippen LogP contribution in [0.4, 0.5) is 5.69 Å². The van der Waals surface area contributed by atoms with E-state index in [1.165, 1.54) is 16.4 Å². The molecular formula is C23H29N3O5S. The van der Waals surface area contributed by atoms with Crippen molar-refractivity contribution in [2.75, 3.05) is 38.1 Å². The summed E-state index contributed by atoms with van der Waals surface area (Å²) in [5.41, 5.74) is 1.36. The molecule has 1 amide bonds. The van der Waals surface area contributed by atoms with Crippen molar-refractivity contribution in [3.8, 4) is 0 Å². The molecule has 0 aliphatic carbocycles. The van der Waals surface area contributed by atoms with Gasteiger partial charge in [0.1, 0.15) is 0 Å². The second kappa shape index (κ2) is 11.2. The first-order valence-electron chi connectivity index (χ1n) is 10.7. The smallest absolute Gasteiger partial charge is 0.320 e. The minimum atomic E-state index is -3.57. The van der Waals surface area contributed by atoms with Crippen LogP contribution in [0.3, 0.4) is 0 Å². The Bertz CT molecular complexity index is 1020. The predicted molar refractivity (Wildman–Crippen MR) is 121 cm³/mol. The monoisotopic (exact) mass is 459 g/mol. The van der Waals surface area contributed by atoms with Crippen LogP contribution in [0.5, 0.6) is 0 Å². The highest BCUT2D eigenvalue weighted by atomic mass is 32.2. The minimum Gasteiger partial charge on any atom is -0.465 e. The number of carbonyl (C=O) groups is 2. The Hall–Kier alpha value is -2.75. The molecule has 0 aromatic heterocycles. The van der Waals surface area contributed by atoms with Crippen molar-refractivity contribution < 1.29 is 22.7 Å². The minimum absolute atomic E-state index is 0.0282. The molecule has 1 fully saturated rings. The summed E-state index contributed by atoms with van der Waals surface area (Å²) in [6, 6.07) is 15.8. The van der Waals surface area contributed by atoms with E-state index in [4.69, 9.17) is 4.74 Å². The van der Waals surface area contributed by atoms with Crippen molar-refractivity contribution >= 4 is 27.6 Å². The number of esters is 1. The van der Waals surface area contributed by atoms with Crippen LogP contribution in [0.25, 0.3) is 0 Å². The maximum absolute atomic E-state index is 12.8. The first-order chi connectivity index (χ1) is 15.4. The lowest BCUT2D eigenvalue weighted by atomic mass is 10.2. The number of nitrogens with one attached hydrogen (secondary N) is 1. The van der Waals surface area contributed by atoms with Crippen LogP contribution < -0.4 is 5.32 Å². The van der Waals surface area contributed by atoms with E-state index in [2.05, 4.69) is 5.32 Å². The highest BCUT2D eigenvalue weighted by molar-refractivity contribution is 7.89. The lowest BCUT2D eigenvalue weighted by Crippen LogP contribution is -2.37. The second-order valence-electron chi connectivity index (χ2n) is 7.62. The van der Waals surface area contributed by atoms with Gasteiger partial charge in [-0.2, -0.15) is 4.31 Å². The molecule has 8 nitrogen and oxygen atoms in total. The van der Waals surface area contributed by atoms with Crippen LogP contribution in [-0.2, 0) is 30.9 Å². The fourth-order valence-electron chi connectivity index (χ4n) is 3.61. The van der Waals surface area contributed by atoms with E-state index in [0.29, 0.717) is 25.3 Å². The molecule has 0 radical (unpaired) electrons. The highest BCUT2D eigenvalue weighted by Gasteiger charge is 2.27. The van der Waals surface area contributed by atoms with Gasteiger partial charge in [0.15, 0.2) is 0 Å². The van der Waals surface area contributed by atoms with Gasteiger partial charge < -0.3 is 10.1 Å². The Morgan fingerprint density at radius 1 is 1.03 bits per heavy atom. The Labute approximate surface area is 189 Å². The molecule has 0 saturated carbocycles. The molecule has 172 valence electrons. The molecule has 1 N–H and O–H groups in total. The maximum atomic E-state index is 12.8. The number of ether oxygens (including phenoxy) is 1. The van der Waals surface area contributed by atoms with Gasteiger partial charge >= 0.3 is 5.97 Å². The average Bonchev–Trinajstić information content (AvgIpc) is 3.30. The van der Waals surface area contributed by atoms with Crippen LogP contribution in [0.15, 0.2) is 59.5 Å². The molecule has 0 atom stereocenters. The van der Waals surface area contributed by atoms with Crippen LogP contribution >= 0.6 is 0 Å². The molecule has 1 saturated heterocycles. The van der Waals surface area contributed by atoms with E-state index in [0.717, 1.165) is 18.4 Å². The van der Waals surface area contributed by atoms with Crippen molar-refractivity contribution in [3.05, 3.63) is 60.2 Å². The van der Waals surface area contributed by atoms with Gasteiger partial charge in [0.2, 0.25) is 15.9 Å². The van der Waals surface area contributed by atoms with Gasteiger partial charge in [0.25, 0.3) is 0 Å². The summed E-state index contributed by atoms with van der Waals surface area (Å²) in [6.07, 6.45) is 1.71. The molecule has 0 bridgehead atoms. The van der Waals surface area contributed by atoms with Gasteiger partial charge in [0.05, 0.1) is 24.6 Å². The zero-order valence-corrected chi connectivity index (χ0v) is 19.0. The number of benzene rings is 2. The van der Waals surface area contributed by atoms with E-state index in [9.17, 15) is 18.0 Å². The molecular weight excluding hydrogens is 430 g/mol. The van der Waals surface area contributed by atoms with Gasteiger partial charge in [-0.25, -0.2) is 8.42 Å². The van der Waals surface area contributed by atoms with Crippen molar-refractivity contribution in [3.63, 3.8) is 0 Å². The second-order valence-corrected chi connectivity index (χ2v) is 9.56. The van der Waals surface area contributed by atoms with E-state index < -0.39 is 16.0 Å². The summed E-state index contributed by atoms with van der Waals surface area (Å²) in [6.45, 7) is 3.35. The van der Waals surface area contributed by atoms with Gasteiger partial charge in [-0.1, -0.05) is 36.4 Å². The first kappa shape index (κ1) is 23.9. The third-order valence-electron chi connectivity index (χ3n) is 5.09. The number of hydrogen-bond acceptors (Lipinski definition) is 6. The summed E-state index contributed by atoms with van der Waals surface area (Å²) < 4.78 is 32.1. The van der Waals surface area contributed by atoms with E-state index in [1.807, 2.05) is 30.3 Å². The third-order valence-corrected chi connectivity index (χ3v) is 6.99. The van der Waals surface area contributed by atoms with Crippen molar-refractivity contribution in [2.24, 2.45) is 0 Å².